The van der Waals surface area contributed by atoms with Gasteiger partial charge in [-0.15, -0.1) is 11.3 Å². The molecule has 2 atom stereocenters. The Bertz CT molecular complexity index is 1350. The van der Waals surface area contributed by atoms with Crippen molar-refractivity contribution in [2.45, 2.75) is 38.8 Å². The molecule has 0 spiro atoms. The van der Waals surface area contributed by atoms with Crippen molar-refractivity contribution >= 4 is 28.9 Å². The fourth-order valence-electron chi connectivity index (χ4n) is 4.53. The van der Waals surface area contributed by atoms with E-state index in [-0.39, 0.29) is 11.9 Å². The number of thiophene rings is 1. The molecular formula is C28H28N4O2S. The van der Waals surface area contributed by atoms with Crippen molar-refractivity contribution in [2.75, 3.05) is 11.9 Å². The van der Waals surface area contributed by atoms with E-state index in [9.17, 15) is 9.90 Å². The number of carbonyl (C=O) groups is 1. The molecule has 3 heterocycles. The molecule has 1 amide bonds. The Morgan fingerprint density at radius 3 is 2.83 bits per heavy atom. The molecule has 1 aliphatic rings. The highest BCUT2D eigenvalue weighted by Gasteiger charge is 2.31. The molecule has 2 unspecified atom stereocenters. The van der Waals surface area contributed by atoms with Crippen LogP contribution in [0.15, 0.2) is 72.9 Å². The number of hydrogen-bond donors (Lipinski definition) is 2. The monoisotopic (exact) mass is 484 g/mol. The van der Waals surface area contributed by atoms with E-state index in [4.69, 9.17) is 0 Å². The van der Waals surface area contributed by atoms with Crippen LogP contribution in [0, 0.1) is 6.92 Å². The standard InChI is InChI=1S/C28H28N4O2S/c1-18-6-3-8-21(16-18)24-10-5-15-32(24)27(34)26-12-11-25(35-26)23-13-14-29-28(31-23)30-22-9-4-7-20(17-22)19(2)33/h3-4,6-9,11-14,16-17,19,24,33H,5,10,15H2,1-2H3,(H,29,30,31). The molecule has 7 heteroatoms. The molecule has 1 aliphatic heterocycles. The zero-order valence-electron chi connectivity index (χ0n) is 19.8. The lowest BCUT2D eigenvalue weighted by Gasteiger charge is -2.25. The first kappa shape index (κ1) is 23.2. The summed E-state index contributed by atoms with van der Waals surface area (Å²) < 4.78 is 0. The molecule has 1 saturated heterocycles. The van der Waals surface area contributed by atoms with E-state index >= 15 is 0 Å². The molecule has 178 valence electrons. The number of benzene rings is 2. The summed E-state index contributed by atoms with van der Waals surface area (Å²) in [4.78, 5) is 26.1. The number of carbonyl (C=O) groups excluding carboxylic acids is 1. The van der Waals surface area contributed by atoms with Crippen LogP contribution in [-0.4, -0.2) is 32.4 Å². The van der Waals surface area contributed by atoms with Crippen LogP contribution in [-0.2, 0) is 0 Å². The van der Waals surface area contributed by atoms with Crippen molar-refractivity contribution < 1.29 is 9.90 Å². The minimum absolute atomic E-state index is 0.0765. The lowest BCUT2D eigenvalue weighted by Crippen LogP contribution is -2.29. The Hall–Kier alpha value is -3.55. The Morgan fingerprint density at radius 1 is 1.14 bits per heavy atom. The van der Waals surface area contributed by atoms with Crippen LogP contribution in [0.25, 0.3) is 10.6 Å². The molecule has 0 radical (unpaired) electrons. The smallest absolute Gasteiger partial charge is 0.264 e. The van der Waals surface area contributed by atoms with Crippen LogP contribution < -0.4 is 5.32 Å². The van der Waals surface area contributed by atoms with Crippen molar-refractivity contribution in [2.24, 2.45) is 0 Å². The number of rotatable bonds is 6. The fraction of sp³-hybridized carbons (Fsp3) is 0.250. The minimum atomic E-state index is -0.549. The predicted molar refractivity (Wildman–Crippen MR) is 140 cm³/mol. The van der Waals surface area contributed by atoms with E-state index in [0.29, 0.717) is 5.95 Å². The molecule has 1 fully saturated rings. The number of nitrogens with one attached hydrogen (secondary N) is 1. The summed E-state index contributed by atoms with van der Waals surface area (Å²) in [5.41, 5.74) is 4.80. The van der Waals surface area contributed by atoms with Crippen LogP contribution in [0.3, 0.4) is 0 Å². The summed E-state index contributed by atoms with van der Waals surface area (Å²) in [5.74, 6) is 0.540. The highest BCUT2D eigenvalue weighted by atomic mass is 32.1. The molecule has 2 N–H and O–H groups in total. The first-order valence-corrected chi connectivity index (χ1v) is 12.7. The fourth-order valence-corrected chi connectivity index (χ4v) is 5.46. The number of aliphatic hydroxyl groups excluding tert-OH is 1. The lowest BCUT2D eigenvalue weighted by molar-refractivity contribution is 0.0740. The van der Waals surface area contributed by atoms with Crippen molar-refractivity contribution in [3.63, 3.8) is 0 Å². The van der Waals surface area contributed by atoms with Gasteiger partial charge in [0.05, 0.1) is 27.6 Å². The summed E-state index contributed by atoms with van der Waals surface area (Å²) in [6.07, 6.45) is 3.16. The summed E-state index contributed by atoms with van der Waals surface area (Å²) >= 11 is 1.46. The van der Waals surface area contributed by atoms with Crippen molar-refractivity contribution in [1.82, 2.24) is 14.9 Å². The average molecular weight is 485 g/mol. The van der Waals surface area contributed by atoms with Crippen LogP contribution in [0.1, 0.15) is 58.3 Å². The Balaban J connectivity index is 1.34. The van der Waals surface area contributed by atoms with Gasteiger partial charge in [-0.1, -0.05) is 42.0 Å². The van der Waals surface area contributed by atoms with E-state index in [2.05, 4.69) is 46.5 Å². The summed E-state index contributed by atoms with van der Waals surface area (Å²) in [5, 5.41) is 13.0. The van der Waals surface area contributed by atoms with Gasteiger partial charge >= 0.3 is 0 Å². The molecular weight excluding hydrogens is 456 g/mol. The van der Waals surface area contributed by atoms with Gasteiger partial charge in [0.2, 0.25) is 5.95 Å². The second-order valence-corrected chi connectivity index (χ2v) is 10.0. The highest BCUT2D eigenvalue weighted by molar-refractivity contribution is 7.17. The first-order chi connectivity index (χ1) is 17.0. The number of aryl methyl sites for hydroxylation is 1. The molecule has 2 aromatic heterocycles. The normalized spacial score (nSPS) is 16.3. The number of anilines is 2. The molecule has 0 saturated carbocycles. The zero-order valence-corrected chi connectivity index (χ0v) is 20.6. The average Bonchev–Trinajstić information content (AvgIpc) is 3.54. The number of aromatic nitrogens is 2. The van der Waals surface area contributed by atoms with Gasteiger partial charge in [0.15, 0.2) is 0 Å². The van der Waals surface area contributed by atoms with E-state index < -0.39 is 6.10 Å². The third-order valence-corrected chi connectivity index (χ3v) is 7.39. The van der Waals surface area contributed by atoms with Gasteiger partial charge in [-0.25, -0.2) is 9.97 Å². The van der Waals surface area contributed by atoms with Crippen molar-refractivity contribution in [1.29, 1.82) is 0 Å². The molecule has 6 nitrogen and oxygen atoms in total. The zero-order chi connectivity index (χ0) is 24.4. The second-order valence-electron chi connectivity index (χ2n) is 8.93. The van der Waals surface area contributed by atoms with E-state index in [1.54, 1.807) is 13.1 Å². The second kappa shape index (κ2) is 9.98. The Morgan fingerprint density at radius 2 is 2.00 bits per heavy atom. The predicted octanol–water partition coefficient (Wildman–Crippen LogP) is 6.29. The molecule has 35 heavy (non-hydrogen) atoms. The van der Waals surface area contributed by atoms with Crippen molar-refractivity contribution in [3.05, 3.63) is 94.5 Å². The maximum Gasteiger partial charge on any atom is 0.264 e. The molecule has 2 aromatic carbocycles. The van der Waals surface area contributed by atoms with Crippen LogP contribution in [0.5, 0.6) is 0 Å². The number of amides is 1. The van der Waals surface area contributed by atoms with Gasteiger partial charge in [-0.3, -0.25) is 4.79 Å². The van der Waals surface area contributed by atoms with Gasteiger partial charge in [0.25, 0.3) is 5.91 Å². The minimum Gasteiger partial charge on any atom is -0.389 e. The third-order valence-electron chi connectivity index (χ3n) is 6.29. The number of likely N-dealkylation sites (tertiary alicyclic amines) is 1. The summed E-state index contributed by atoms with van der Waals surface area (Å²) in [6, 6.07) is 21.8. The number of aliphatic hydroxyl groups is 1. The van der Waals surface area contributed by atoms with Crippen molar-refractivity contribution in [3.8, 4) is 10.6 Å². The quantitative estimate of drug-likeness (QED) is 0.336. The SMILES string of the molecule is Cc1cccc(C2CCCN2C(=O)c2ccc(-c3ccnc(Nc4cccc(C(C)O)c4)n3)s2)c1. The van der Waals surface area contributed by atoms with Crippen LogP contribution >= 0.6 is 11.3 Å². The maximum atomic E-state index is 13.4. The van der Waals surface area contributed by atoms with Crippen LogP contribution in [0.4, 0.5) is 11.6 Å². The van der Waals surface area contributed by atoms with E-state index in [0.717, 1.165) is 46.1 Å². The summed E-state index contributed by atoms with van der Waals surface area (Å²) in [7, 11) is 0. The molecule has 0 aliphatic carbocycles. The first-order valence-electron chi connectivity index (χ1n) is 11.8. The largest absolute Gasteiger partial charge is 0.389 e. The van der Waals surface area contributed by atoms with Gasteiger partial charge in [0, 0.05) is 18.4 Å². The van der Waals surface area contributed by atoms with Gasteiger partial charge in [0.1, 0.15) is 0 Å². The van der Waals surface area contributed by atoms with Gasteiger partial charge < -0.3 is 15.3 Å². The molecule has 4 aromatic rings. The molecule has 0 bridgehead atoms. The topological polar surface area (TPSA) is 78.4 Å². The number of nitrogens with zero attached hydrogens (tertiary/aromatic N) is 3. The van der Waals surface area contributed by atoms with E-state index in [1.165, 1.54) is 22.5 Å². The van der Waals surface area contributed by atoms with Gasteiger partial charge in [-0.2, -0.15) is 0 Å². The highest BCUT2D eigenvalue weighted by Crippen LogP contribution is 2.36. The lowest BCUT2D eigenvalue weighted by atomic mass is 10.0. The van der Waals surface area contributed by atoms with E-state index in [1.807, 2.05) is 47.4 Å². The summed E-state index contributed by atoms with van der Waals surface area (Å²) in [6.45, 7) is 4.60. The van der Waals surface area contributed by atoms with Crippen LogP contribution in [0.2, 0.25) is 0 Å². The number of hydrogen-bond acceptors (Lipinski definition) is 6. The maximum absolute atomic E-state index is 13.4. The Labute approximate surface area is 209 Å². The third kappa shape index (κ3) is 5.11. The molecule has 5 rings (SSSR count). The van der Waals surface area contributed by atoms with Gasteiger partial charge in [-0.05, 0) is 68.1 Å². The Kier molecular flexibility index (Phi) is 6.61.